The summed E-state index contributed by atoms with van der Waals surface area (Å²) in [6.07, 6.45) is 4.00. The highest BCUT2D eigenvalue weighted by molar-refractivity contribution is 5.91. The Morgan fingerprint density at radius 3 is 2.33 bits per heavy atom. The van der Waals surface area contributed by atoms with E-state index in [-0.39, 0.29) is 5.91 Å². The highest BCUT2D eigenvalue weighted by Gasteiger charge is 2.55. The first-order valence-electron chi connectivity index (χ1n) is 13.9. The molecule has 210 valence electrons. The lowest BCUT2D eigenvalue weighted by atomic mass is 9.54. The Morgan fingerprint density at radius 2 is 1.73 bits per heavy atom. The summed E-state index contributed by atoms with van der Waals surface area (Å²) in [5.41, 5.74) is 8.40. The fourth-order valence-corrected chi connectivity index (χ4v) is 6.39. The van der Waals surface area contributed by atoms with Gasteiger partial charge < -0.3 is 25.1 Å². The Bertz CT molecular complexity index is 1480. The van der Waals surface area contributed by atoms with Crippen LogP contribution in [0, 0.1) is 5.92 Å². The number of fused-ring (bicyclic) bond motifs is 1. The number of hydrogen-bond donors (Lipinski definition) is 2. The van der Waals surface area contributed by atoms with E-state index >= 15 is 0 Å². The number of ether oxygens (including phenoxy) is 2. The molecule has 1 saturated heterocycles. The van der Waals surface area contributed by atoms with Gasteiger partial charge in [0.1, 0.15) is 11.6 Å². The zero-order valence-corrected chi connectivity index (χ0v) is 24.0. The second-order valence-electron chi connectivity index (χ2n) is 11.3. The number of aromatic nitrogens is 3. The van der Waals surface area contributed by atoms with Crippen molar-refractivity contribution in [3.8, 4) is 11.5 Å². The van der Waals surface area contributed by atoms with Crippen molar-refractivity contribution < 1.29 is 14.3 Å². The van der Waals surface area contributed by atoms with Crippen molar-refractivity contribution in [2.75, 3.05) is 33.0 Å². The number of likely N-dealkylation sites (tertiary alicyclic amines) is 1. The van der Waals surface area contributed by atoms with Crippen molar-refractivity contribution >= 4 is 22.6 Å². The molecular weight excluding hydrogens is 502 g/mol. The number of nitrogens with zero attached hydrogens (tertiary/aromatic N) is 3. The van der Waals surface area contributed by atoms with E-state index in [1.165, 1.54) is 5.56 Å². The Morgan fingerprint density at radius 1 is 1.05 bits per heavy atom. The molecule has 0 bridgehead atoms. The van der Waals surface area contributed by atoms with Crippen LogP contribution in [0.2, 0.25) is 0 Å². The first-order chi connectivity index (χ1) is 19.2. The maximum absolute atomic E-state index is 13.1. The Labute approximate surface area is 235 Å². The summed E-state index contributed by atoms with van der Waals surface area (Å²) in [6, 6.07) is 18.3. The normalized spacial score (nSPS) is 16.6. The van der Waals surface area contributed by atoms with E-state index in [2.05, 4.69) is 56.1 Å². The van der Waals surface area contributed by atoms with Crippen molar-refractivity contribution in [1.82, 2.24) is 19.9 Å². The number of aromatic amines is 1. The molecule has 8 heteroatoms. The van der Waals surface area contributed by atoms with Gasteiger partial charge in [-0.15, -0.1) is 0 Å². The van der Waals surface area contributed by atoms with E-state index in [0.717, 1.165) is 18.5 Å². The van der Waals surface area contributed by atoms with E-state index in [0.29, 0.717) is 59.5 Å². The Kier molecular flexibility index (Phi) is 7.45. The molecule has 0 aliphatic carbocycles. The molecule has 3 heterocycles. The van der Waals surface area contributed by atoms with E-state index in [1.54, 1.807) is 14.2 Å². The molecule has 1 amide bonds. The van der Waals surface area contributed by atoms with E-state index in [9.17, 15) is 4.79 Å². The summed E-state index contributed by atoms with van der Waals surface area (Å²) >= 11 is 0. The van der Waals surface area contributed by atoms with Crippen molar-refractivity contribution in [1.29, 1.82) is 0 Å². The van der Waals surface area contributed by atoms with Crippen molar-refractivity contribution in [3.63, 3.8) is 0 Å². The quantitative estimate of drug-likeness (QED) is 0.306. The lowest BCUT2D eigenvalue weighted by molar-refractivity contribution is -0.134. The van der Waals surface area contributed by atoms with Gasteiger partial charge in [0.15, 0.2) is 11.5 Å². The minimum atomic E-state index is -0.694. The molecule has 8 nitrogen and oxygen atoms in total. The molecule has 40 heavy (non-hydrogen) atoms. The van der Waals surface area contributed by atoms with Gasteiger partial charge in [-0.2, -0.15) is 0 Å². The first-order valence-corrected chi connectivity index (χ1v) is 13.9. The third kappa shape index (κ3) is 4.55. The third-order valence-corrected chi connectivity index (χ3v) is 8.65. The van der Waals surface area contributed by atoms with Crippen LogP contribution in [0.25, 0.3) is 10.9 Å². The van der Waals surface area contributed by atoms with Gasteiger partial charge in [-0.25, -0.2) is 9.97 Å². The van der Waals surface area contributed by atoms with Crippen LogP contribution in [-0.2, 0) is 15.6 Å². The van der Waals surface area contributed by atoms with Gasteiger partial charge >= 0.3 is 0 Å². The average Bonchev–Trinajstić information content (AvgIpc) is 3.52. The van der Waals surface area contributed by atoms with Crippen LogP contribution in [0.15, 0.2) is 60.8 Å². The molecule has 1 aliphatic rings. The summed E-state index contributed by atoms with van der Waals surface area (Å²) in [5.74, 6) is 2.69. The molecule has 0 saturated carbocycles. The number of hydrogen-bond acceptors (Lipinski definition) is 6. The summed E-state index contributed by atoms with van der Waals surface area (Å²) < 4.78 is 11.1. The van der Waals surface area contributed by atoms with Crippen molar-refractivity contribution in [2.24, 2.45) is 5.92 Å². The molecule has 2 aromatic heterocycles. The monoisotopic (exact) mass is 541 g/mol. The molecule has 0 radical (unpaired) electrons. The van der Waals surface area contributed by atoms with E-state index in [4.69, 9.17) is 25.2 Å². The van der Waals surface area contributed by atoms with Crippen LogP contribution in [0.1, 0.15) is 57.1 Å². The number of H-pyrrole nitrogens is 1. The number of carbonyl (C=O) groups excluding carboxylic acids is 1. The first kappa shape index (κ1) is 27.5. The average molecular weight is 542 g/mol. The van der Waals surface area contributed by atoms with Crippen LogP contribution >= 0.6 is 0 Å². The largest absolute Gasteiger partial charge is 0.493 e. The zero-order chi connectivity index (χ0) is 28.5. The number of anilines is 1. The zero-order valence-electron chi connectivity index (χ0n) is 24.0. The molecule has 5 rings (SSSR count). The van der Waals surface area contributed by atoms with Crippen LogP contribution < -0.4 is 15.2 Å². The summed E-state index contributed by atoms with van der Waals surface area (Å²) in [7, 11) is 3.20. The van der Waals surface area contributed by atoms with E-state index in [1.807, 2.05) is 35.4 Å². The molecule has 1 aliphatic heterocycles. The number of methoxy groups -OCH3 is 2. The SMILES string of the molecule is COc1cc2nc(C(C)(c3ccc[nH]3)C3(c4ccccc4)CCN(C(=O)CC(C)C)CC3)nc(N)c2cc1OC. The number of rotatable bonds is 8. The highest BCUT2D eigenvalue weighted by atomic mass is 16.5. The number of amides is 1. The number of nitrogens with two attached hydrogens (primary N) is 1. The number of benzene rings is 2. The van der Waals surface area contributed by atoms with Gasteiger partial charge in [0.25, 0.3) is 0 Å². The molecule has 1 unspecified atom stereocenters. The number of nitrogen functional groups attached to an aromatic ring is 1. The van der Waals surface area contributed by atoms with Gasteiger partial charge in [0.2, 0.25) is 5.91 Å². The fraction of sp³-hybridized carbons (Fsp3) is 0.406. The topological polar surface area (TPSA) is 106 Å². The molecule has 0 spiro atoms. The van der Waals surface area contributed by atoms with Crippen molar-refractivity contribution in [3.05, 3.63) is 77.9 Å². The van der Waals surface area contributed by atoms with Crippen LogP contribution in [0.3, 0.4) is 0 Å². The van der Waals surface area contributed by atoms with Gasteiger partial charge in [0.05, 0.1) is 25.2 Å². The predicted molar refractivity (Wildman–Crippen MR) is 158 cm³/mol. The molecule has 4 aromatic rings. The standard InChI is InChI=1S/C32H39N5O3/c1-21(2)18-28(38)37-16-13-32(14-17-37,22-10-7-6-8-11-22)31(3,27-12-9-15-34-27)30-35-24-20-26(40-5)25(39-4)19-23(24)29(33)36-30/h6-12,15,19-21,34H,13-14,16-18H2,1-5H3,(H2,33,35,36). The van der Waals surface area contributed by atoms with Crippen LogP contribution in [0.5, 0.6) is 11.5 Å². The number of piperidine rings is 1. The lowest BCUT2D eigenvalue weighted by Crippen LogP contribution is -2.56. The maximum Gasteiger partial charge on any atom is 0.222 e. The number of nitrogens with one attached hydrogen (secondary N) is 1. The predicted octanol–water partition coefficient (Wildman–Crippen LogP) is 5.47. The highest BCUT2D eigenvalue weighted by Crippen LogP contribution is 2.53. The third-order valence-electron chi connectivity index (χ3n) is 8.65. The van der Waals surface area contributed by atoms with Gasteiger partial charge in [-0.3, -0.25) is 4.79 Å². The van der Waals surface area contributed by atoms with Gasteiger partial charge in [-0.1, -0.05) is 44.2 Å². The minimum absolute atomic E-state index is 0.213. The molecular formula is C32H39N5O3. The fourth-order valence-electron chi connectivity index (χ4n) is 6.39. The molecule has 2 aromatic carbocycles. The molecule has 1 fully saturated rings. The Hall–Kier alpha value is -4.07. The smallest absolute Gasteiger partial charge is 0.222 e. The maximum atomic E-state index is 13.1. The lowest BCUT2D eigenvalue weighted by Gasteiger charge is -2.52. The summed E-state index contributed by atoms with van der Waals surface area (Å²) in [4.78, 5) is 28.7. The molecule has 1 atom stereocenters. The summed E-state index contributed by atoms with van der Waals surface area (Å²) in [6.45, 7) is 7.70. The van der Waals surface area contributed by atoms with Crippen molar-refractivity contribution in [2.45, 2.75) is 50.9 Å². The number of carbonyl (C=O) groups is 1. The second kappa shape index (κ2) is 10.8. The molecule has 3 N–H and O–H groups in total. The van der Waals surface area contributed by atoms with Crippen LogP contribution in [0.4, 0.5) is 5.82 Å². The Balaban J connectivity index is 1.71. The van der Waals surface area contributed by atoms with E-state index < -0.39 is 10.8 Å². The summed E-state index contributed by atoms with van der Waals surface area (Å²) in [5, 5.41) is 0.707. The van der Waals surface area contributed by atoms with Gasteiger partial charge in [0, 0.05) is 48.3 Å². The minimum Gasteiger partial charge on any atom is -0.493 e. The second-order valence-corrected chi connectivity index (χ2v) is 11.3. The van der Waals surface area contributed by atoms with Gasteiger partial charge in [-0.05, 0) is 49.4 Å². The van der Waals surface area contributed by atoms with Crippen LogP contribution in [-0.4, -0.2) is 53.1 Å².